The standard InChI is InChI=1S/C12H23N3O4/c1-4-13-10(16)5-6-14-12(19)15-9(11(17)18)7-8(2)3/h8-9H,4-7H2,1-3H3,(H,13,16)(H,17,18)(H2,14,15,19)/t9-/m0/s1. The molecule has 19 heavy (non-hydrogen) atoms. The summed E-state index contributed by atoms with van der Waals surface area (Å²) in [5, 5.41) is 16.4. The van der Waals surface area contributed by atoms with E-state index in [9.17, 15) is 14.4 Å². The second-order valence-corrected chi connectivity index (χ2v) is 4.62. The zero-order valence-electron chi connectivity index (χ0n) is 11.7. The number of rotatable bonds is 8. The molecule has 0 aromatic heterocycles. The number of hydrogen-bond acceptors (Lipinski definition) is 3. The largest absolute Gasteiger partial charge is 0.480 e. The molecule has 0 aromatic carbocycles. The summed E-state index contributed by atoms with van der Waals surface area (Å²) in [6, 6.07) is -1.48. The quantitative estimate of drug-likeness (QED) is 0.510. The van der Waals surface area contributed by atoms with Gasteiger partial charge in [-0.15, -0.1) is 0 Å². The lowest BCUT2D eigenvalue weighted by molar-refractivity contribution is -0.139. The van der Waals surface area contributed by atoms with Gasteiger partial charge in [-0.3, -0.25) is 4.79 Å². The zero-order chi connectivity index (χ0) is 14.8. The van der Waals surface area contributed by atoms with E-state index >= 15 is 0 Å². The van der Waals surface area contributed by atoms with Gasteiger partial charge in [0.1, 0.15) is 6.04 Å². The third-order valence-electron chi connectivity index (χ3n) is 2.32. The molecule has 0 saturated carbocycles. The highest BCUT2D eigenvalue weighted by molar-refractivity contribution is 5.83. The number of amides is 3. The molecular weight excluding hydrogens is 250 g/mol. The fraction of sp³-hybridized carbons (Fsp3) is 0.750. The van der Waals surface area contributed by atoms with Crippen LogP contribution in [0.15, 0.2) is 0 Å². The molecule has 0 aromatic rings. The number of carboxylic acid groups (broad SMARTS) is 1. The maximum absolute atomic E-state index is 11.5. The van der Waals surface area contributed by atoms with Gasteiger partial charge in [0, 0.05) is 19.5 Å². The number of carboxylic acids is 1. The highest BCUT2D eigenvalue weighted by atomic mass is 16.4. The number of nitrogens with one attached hydrogen (secondary N) is 3. The molecule has 0 aliphatic heterocycles. The number of carbonyl (C=O) groups excluding carboxylic acids is 2. The molecule has 7 nitrogen and oxygen atoms in total. The van der Waals surface area contributed by atoms with E-state index in [0.29, 0.717) is 13.0 Å². The van der Waals surface area contributed by atoms with Gasteiger partial charge in [-0.1, -0.05) is 13.8 Å². The van der Waals surface area contributed by atoms with Crippen LogP contribution in [0.25, 0.3) is 0 Å². The molecule has 110 valence electrons. The topological polar surface area (TPSA) is 108 Å². The molecule has 0 aliphatic carbocycles. The van der Waals surface area contributed by atoms with Gasteiger partial charge in [-0.05, 0) is 19.3 Å². The summed E-state index contributed by atoms with van der Waals surface area (Å²) < 4.78 is 0. The van der Waals surface area contributed by atoms with Crippen molar-refractivity contribution in [3.63, 3.8) is 0 Å². The molecule has 7 heteroatoms. The van der Waals surface area contributed by atoms with Gasteiger partial charge in [0.2, 0.25) is 5.91 Å². The second-order valence-electron chi connectivity index (χ2n) is 4.62. The first-order valence-electron chi connectivity index (χ1n) is 6.40. The number of carbonyl (C=O) groups is 3. The SMILES string of the molecule is CCNC(=O)CCNC(=O)N[C@@H](CC(C)C)C(=O)O. The molecule has 4 N–H and O–H groups in total. The van der Waals surface area contributed by atoms with Crippen LogP contribution < -0.4 is 16.0 Å². The number of urea groups is 1. The van der Waals surface area contributed by atoms with Crippen molar-refractivity contribution in [2.24, 2.45) is 5.92 Å². The van der Waals surface area contributed by atoms with Gasteiger partial charge < -0.3 is 21.1 Å². The monoisotopic (exact) mass is 273 g/mol. The van der Waals surface area contributed by atoms with E-state index in [1.54, 1.807) is 6.92 Å². The third kappa shape index (κ3) is 8.87. The third-order valence-corrected chi connectivity index (χ3v) is 2.32. The van der Waals surface area contributed by atoms with E-state index in [-0.39, 0.29) is 24.8 Å². The van der Waals surface area contributed by atoms with Gasteiger partial charge >= 0.3 is 12.0 Å². The predicted molar refractivity (Wildman–Crippen MR) is 70.7 cm³/mol. The van der Waals surface area contributed by atoms with Gasteiger partial charge in [0.25, 0.3) is 0 Å². The average Bonchev–Trinajstić information content (AvgIpc) is 2.27. The van der Waals surface area contributed by atoms with E-state index < -0.39 is 18.0 Å². The zero-order valence-corrected chi connectivity index (χ0v) is 11.7. The van der Waals surface area contributed by atoms with Gasteiger partial charge in [-0.2, -0.15) is 0 Å². The minimum absolute atomic E-state index is 0.153. The molecule has 0 aliphatic rings. The van der Waals surface area contributed by atoms with E-state index in [1.165, 1.54) is 0 Å². The number of aliphatic carboxylic acids is 1. The molecule has 1 atom stereocenters. The van der Waals surface area contributed by atoms with Crippen LogP contribution in [0.3, 0.4) is 0 Å². The average molecular weight is 273 g/mol. The molecule has 0 unspecified atom stereocenters. The summed E-state index contributed by atoms with van der Waals surface area (Å²) in [6.07, 6.45) is 0.530. The molecule has 0 rings (SSSR count). The van der Waals surface area contributed by atoms with Gasteiger partial charge in [0.15, 0.2) is 0 Å². The predicted octanol–water partition coefficient (Wildman–Crippen LogP) is 0.311. The van der Waals surface area contributed by atoms with Crippen molar-refractivity contribution < 1.29 is 19.5 Å². The van der Waals surface area contributed by atoms with Crippen molar-refractivity contribution in [2.45, 2.75) is 39.7 Å². The molecule has 0 bridgehead atoms. The van der Waals surface area contributed by atoms with Crippen LogP contribution in [-0.2, 0) is 9.59 Å². The van der Waals surface area contributed by atoms with E-state index in [0.717, 1.165) is 0 Å². The van der Waals surface area contributed by atoms with Crippen molar-refractivity contribution >= 4 is 17.9 Å². The van der Waals surface area contributed by atoms with Crippen LogP contribution >= 0.6 is 0 Å². The van der Waals surface area contributed by atoms with Crippen LogP contribution in [-0.4, -0.2) is 42.1 Å². The summed E-state index contributed by atoms with van der Waals surface area (Å²) in [5.74, 6) is -1.05. The Hall–Kier alpha value is -1.79. The van der Waals surface area contributed by atoms with E-state index in [2.05, 4.69) is 16.0 Å². The fourth-order valence-corrected chi connectivity index (χ4v) is 1.48. The fourth-order valence-electron chi connectivity index (χ4n) is 1.48. The van der Waals surface area contributed by atoms with Gasteiger partial charge in [-0.25, -0.2) is 9.59 Å². The first-order valence-corrected chi connectivity index (χ1v) is 6.40. The maximum atomic E-state index is 11.5. The lowest BCUT2D eigenvalue weighted by atomic mass is 10.0. The summed E-state index contributed by atoms with van der Waals surface area (Å²) >= 11 is 0. The highest BCUT2D eigenvalue weighted by Gasteiger charge is 2.20. The Labute approximate surface area is 113 Å². The van der Waals surface area contributed by atoms with Crippen LogP contribution in [0.4, 0.5) is 4.79 Å². The Morgan fingerprint density at radius 1 is 1.16 bits per heavy atom. The van der Waals surface area contributed by atoms with Crippen molar-refractivity contribution in [3.05, 3.63) is 0 Å². The molecule has 0 spiro atoms. The Morgan fingerprint density at radius 3 is 2.26 bits per heavy atom. The van der Waals surface area contributed by atoms with E-state index in [4.69, 9.17) is 5.11 Å². The molecule has 0 radical (unpaired) electrons. The van der Waals surface area contributed by atoms with Crippen molar-refractivity contribution in [1.29, 1.82) is 0 Å². The molecule has 0 heterocycles. The van der Waals surface area contributed by atoms with Crippen LogP contribution in [0.1, 0.15) is 33.6 Å². The summed E-state index contributed by atoms with van der Waals surface area (Å²) in [5.41, 5.74) is 0. The Morgan fingerprint density at radius 2 is 1.79 bits per heavy atom. The van der Waals surface area contributed by atoms with E-state index in [1.807, 2.05) is 13.8 Å². The van der Waals surface area contributed by atoms with Gasteiger partial charge in [0.05, 0.1) is 0 Å². The van der Waals surface area contributed by atoms with Crippen molar-refractivity contribution in [2.75, 3.05) is 13.1 Å². The molecule has 0 saturated heterocycles. The van der Waals surface area contributed by atoms with Crippen LogP contribution in [0.2, 0.25) is 0 Å². The maximum Gasteiger partial charge on any atom is 0.326 e. The lowest BCUT2D eigenvalue weighted by Gasteiger charge is -2.16. The van der Waals surface area contributed by atoms with Crippen molar-refractivity contribution in [3.8, 4) is 0 Å². The van der Waals surface area contributed by atoms with Crippen molar-refractivity contribution in [1.82, 2.24) is 16.0 Å². The normalized spacial score (nSPS) is 11.8. The lowest BCUT2D eigenvalue weighted by Crippen LogP contribution is -2.47. The summed E-state index contributed by atoms with van der Waals surface area (Å²) in [7, 11) is 0. The first kappa shape index (κ1) is 17.2. The molecule has 0 fully saturated rings. The summed E-state index contributed by atoms with van der Waals surface area (Å²) in [4.78, 5) is 33.5. The Balaban J connectivity index is 4.00. The first-order chi connectivity index (χ1) is 8.86. The minimum atomic E-state index is -1.06. The van der Waals surface area contributed by atoms with Crippen LogP contribution in [0, 0.1) is 5.92 Å². The Bertz CT molecular complexity index is 318. The Kier molecular flexibility index (Phi) is 8.32. The summed E-state index contributed by atoms with van der Waals surface area (Å²) in [6.45, 7) is 6.28. The molecular formula is C12H23N3O4. The highest BCUT2D eigenvalue weighted by Crippen LogP contribution is 2.04. The van der Waals surface area contributed by atoms with Crippen LogP contribution in [0.5, 0.6) is 0 Å². The molecule has 3 amide bonds. The second kappa shape index (κ2) is 9.18. The minimum Gasteiger partial charge on any atom is -0.480 e. The number of hydrogen-bond donors (Lipinski definition) is 4. The smallest absolute Gasteiger partial charge is 0.326 e.